The van der Waals surface area contributed by atoms with E-state index in [1.54, 1.807) is 19.3 Å². The number of ether oxygens (including phenoxy) is 1. The van der Waals surface area contributed by atoms with Gasteiger partial charge >= 0.3 is 11.8 Å². The van der Waals surface area contributed by atoms with Gasteiger partial charge in [0.15, 0.2) is 0 Å². The number of anilines is 1. The van der Waals surface area contributed by atoms with Crippen LogP contribution >= 0.6 is 0 Å². The van der Waals surface area contributed by atoms with Gasteiger partial charge in [0.1, 0.15) is 11.4 Å². The van der Waals surface area contributed by atoms with Gasteiger partial charge in [0.25, 0.3) is 5.56 Å². The van der Waals surface area contributed by atoms with Crippen LogP contribution in [-0.4, -0.2) is 23.0 Å². The van der Waals surface area contributed by atoms with E-state index in [2.05, 4.69) is 24.5 Å². The standard InChI is InChI=1S/C23H31N3O4/c1-15(2)13-19(17-9-6-7-11-20(17)30-14-16(3)4)25-22(28)21(27)24-18-10-8-12-26(5)23(18)29/h6-12,15-16,19H,13-14H2,1-5H3,(H,24,27)(H,25,28)/t19-/m1/s1. The van der Waals surface area contributed by atoms with E-state index in [0.29, 0.717) is 24.7 Å². The number of carbonyl (C=O) groups is 2. The summed E-state index contributed by atoms with van der Waals surface area (Å²) >= 11 is 0. The molecule has 7 nitrogen and oxygen atoms in total. The van der Waals surface area contributed by atoms with Crippen molar-refractivity contribution in [3.63, 3.8) is 0 Å². The molecule has 162 valence electrons. The van der Waals surface area contributed by atoms with Crippen LogP contribution in [0.3, 0.4) is 0 Å². The fourth-order valence-corrected chi connectivity index (χ4v) is 2.99. The number of nitrogens with zero attached hydrogens (tertiary/aromatic N) is 1. The first-order valence-corrected chi connectivity index (χ1v) is 10.2. The Bertz CT molecular complexity index is 934. The third-order valence-electron chi connectivity index (χ3n) is 4.46. The number of aromatic nitrogens is 1. The third-order valence-corrected chi connectivity index (χ3v) is 4.46. The Morgan fingerprint density at radius 2 is 1.70 bits per heavy atom. The molecule has 2 aromatic rings. The maximum atomic E-state index is 12.6. The summed E-state index contributed by atoms with van der Waals surface area (Å²) < 4.78 is 7.26. The van der Waals surface area contributed by atoms with Gasteiger partial charge in [-0.25, -0.2) is 0 Å². The summed E-state index contributed by atoms with van der Waals surface area (Å²) in [6.07, 6.45) is 2.21. The lowest BCUT2D eigenvalue weighted by Gasteiger charge is -2.23. The first-order chi connectivity index (χ1) is 14.2. The fourth-order valence-electron chi connectivity index (χ4n) is 2.99. The number of hydrogen-bond acceptors (Lipinski definition) is 4. The van der Waals surface area contributed by atoms with Gasteiger partial charge in [0, 0.05) is 18.8 Å². The molecular weight excluding hydrogens is 382 g/mol. The van der Waals surface area contributed by atoms with E-state index in [0.717, 1.165) is 5.56 Å². The number of hydrogen-bond donors (Lipinski definition) is 2. The average molecular weight is 414 g/mol. The van der Waals surface area contributed by atoms with Gasteiger partial charge in [0.05, 0.1) is 12.6 Å². The predicted molar refractivity (Wildman–Crippen MR) is 117 cm³/mol. The van der Waals surface area contributed by atoms with Crippen LogP contribution in [0.5, 0.6) is 5.75 Å². The largest absolute Gasteiger partial charge is 0.493 e. The number of pyridine rings is 1. The number of nitrogens with one attached hydrogen (secondary N) is 2. The molecule has 0 bridgehead atoms. The molecule has 0 aliphatic carbocycles. The Balaban J connectivity index is 2.20. The zero-order valence-electron chi connectivity index (χ0n) is 18.3. The van der Waals surface area contributed by atoms with E-state index in [4.69, 9.17) is 4.74 Å². The maximum absolute atomic E-state index is 12.6. The molecule has 0 saturated carbocycles. The minimum atomic E-state index is -0.882. The van der Waals surface area contributed by atoms with Gasteiger partial charge in [0.2, 0.25) is 0 Å². The molecule has 30 heavy (non-hydrogen) atoms. The van der Waals surface area contributed by atoms with Crippen molar-refractivity contribution in [1.82, 2.24) is 9.88 Å². The van der Waals surface area contributed by atoms with Crippen molar-refractivity contribution in [2.45, 2.75) is 40.2 Å². The van der Waals surface area contributed by atoms with Gasteiger partial charge in [-0.2, -0.15) is 0 Å². The minimum Gasteiger partial charge on any atom is -0.493 e. The van der Waals surface area contributed by atoms with E-state index in [-0.39, 0.29) is 17.2 Å². The molecule has 1 aromatic heterocycles. The summed E-state index contributed by atoms with van der Waals surface area (Å²) in [6, 6.07) is 10.2. The summed E-state index contributed by atoms with van der Waals surface area (Å²) in [5.41, 5.74) is 0.495. The first kappa shape index (κ1) is 23.2. The van der Waals surface area contributed by atoms with Gasteiger partial charge < -0.3 is 19.9 Å². The summed E-state index contributed by atoms with van der Waals surface area (Å²) in [6.45, 7) is 8.77. The average Bonchev–Trinajstić information content (AvgIpc) is 2.69. The SMILES string of the molecule is CC(C)COc1ccccc1[C@@H](CC(C)C)NC(=O)C(=O)Nc1cccn(C)c1=O. The van der Waals surface area contributed by atoms with E-state index in [1.807, 2.05) is 38.1 Å². The first-order valence-electron chi connectivity index (χ1n) is 10.2. The monoisotopic (exact) mass is 413 g/mol. The summed E-state index contributed by atoms with van der Waals surface area (Å²) in [4.78, 5) is 37.1. The molecule has 0 fully saturated rings. The normalized spacial score (nSPS) is 12.0. The number of aryl methyl sites for hydroxylation is 1. The number of carbonyl (C=O) groups excluding carboxylic acids is 2. The zero-order valence-corrected chi connectivity index (χ0v) is 18.3. The second-order valence-corrected chi connectivity index (χ2v) is 8.19. The highest BCUT2D eigenvalue weighted by atomic mass is 16.5. The van der Waals surface area contributed by atoms with Crippen LogP contribution < -0.4 is 20.9 Å². The summed E-state index contributed by atoms with van der Waals surface area (Å²) in [5.74, 6) is -0.360. The molecule has 7 heteroatoms. The van der Waals surface area contributed by atoms with Crippen LogP contribution in [0, 0.1) is 11.8 Å². The molecule has 2 amide bonds. The molecule has 2 N–H and O–H groups in total. The topological polar surface area (TPSA) is 89.4 Å². The van der Waals surface area contributed by atoms with E-state index < -0.39 is 17.9 Å². The number of para-hydroxylation sites is 1. The fraction of sp³-hybridized carbons (Fsp3) is 0.435. The van der Waals surface area contributed by atoms with Crippen molar-refractivity contribution in [2.24, 2.45) is 18.9 Å². The van der Waals surface area contributed by atoms with Gasteiger partial charge in [-0.1, -0.05) is 45.9 Å². The quantitative estimate of drug-likeness (QED) is 0.650. The van der Waals surface area contributed by atoms with Crippen molar-refractivity contribution >= 4 is 17.5 Å². The van der Waals surface area contributed by atoms with Crippen LogP contribution in [0.2, 0.25) is 0 Å². The summed E-state index contributed by atoms with van der Waals surface area (Å²) in [5, 5.41) is 5.21. The van der Waals surface area contributed by atoms with Gasteiger partial charge in [-0.15, -0.1) is 0 Å². The van der Waals surface area contributed by atoms with Crippen molar-refractivity contribution < 1.29 is 14.3 Å². The smallest absolute Gasteiger partial charge is 0.313 e. The van der Waals surface area contributed by atoms with Crippen LogP contribution in [0.4, 0.5) is 5.69 Å². The lowest BCUT2D eigenvalue weighted by Crippen LogP contribution is -2.39. The van der Waals surface area contributed by atoms with E-state index in [9.17, 15) is 14.4 Å². The lowest BCUT2D eigenvalue weighted by molar-refractivity contribution is -0.136. The van der Waals surface area contributed by atoms with Crippen LogP contribution in [0.15, 0.2) is 47.4 Å². The van der Waals surface area contributed by atoms with Crippen molar-refractivity contribution in [2.75, 3.05) is 11.9 Å². The molecule has 1 aromatic carbocycles. The highest BCUT2D eigenvalue weighted by molar-refractivity contribution is 6.39. The second-order valence-electron chi connectivity index (χ2n) is 8.19. The Kier molecular flexibility index (Phi) is 8.21. The van der Waals surface area contributed by atoms with Gasteiger partial charge in [-0.3, -0.25) is 14.4 Å². The van der Waals surface area contributed by atoms with Crippen LogP contribution in [0.25, 0.3) is 0 Å². The molecular formula is C23H31N3O4. The Labute approximate surface area is 177 Å². The van der Waals surface area contributed by atoms with E-state index >= 15 is 0 Å². The molecule has 0 saturated heterocycles. The predicted octanol–water partition coefficient (Wildman–Crippen LogP) is 3.26. The summed E-state index contributed by atoms with van der Waals surface area (Å²) in [7, 11) is 1.57. The molecule has 1 heterocycles. The lowest BCUT2D eigenvalue weighted by atomic mass is 9.96. The second kappa shape index (κ2) is 10.6. The van der Waals surface area contributed by atoms with Gasteiger partial charge in [-0.05, 0) is 36.5 Å². The van der Waals surface area contributed by atoms with Crippen molar-refractivity contribution in [3.8, 4) is 5.75 Å². The number of rotatable bonds is 8. The third kappa shape index (κ3) is 6.47. The molecule has 0 radical (unpaired) electrons. The number of benzene rings is 1. The van der Waals surface area contributed by atoms with Crippen LogP contribution in [-0.2, 0) is 16.6 Å². The Morgan fingerprint density at radius 3 is 2.37 bits per heavy atom. The van der Waals surface area contributed by atoms with Crippen molar-refractivity contribution in [3.05, 3.63) is 58.5 Å². The molecule has 0 spiro atoms. The molecule has 2 rings (SSSR count). The highest BCUT2D eigenvalue weighted by Crippen LogP contribution is 2.30. The highest BCUT2D eigenvalue weighted by Gasteiger charge is 2.24. The maximum Gasteiger partial charge on any atom is 0.313 e. The molecule has 0 aliphatic rings. The van der Waals surface area contributed by atoms with Crippen LogP contribution in [0.1, 0.15) is 45.7 Å². The Morgan fingerprint density at radius 1 is 1.00 bits per heavy atom. The van der Waals surface area contributed by atoms with E-state index in [1.165, 1.54) is 10.6 Å². The molecule has 0 unspecified atom stereocenters. The molecule has 0 aliphatic heterocycles. The van der Waals surface area contributed by atoms with Crippen molar-refractivity contribution in [1.29, 1.82) is 0 Å². The number of amides is 2. The zero-order chi connectivity index (χ0) is 22.3. The molecule has 1 atom stereocenters. The minimum absolute atomic E-state index is 0.0567. The Hall–Kier alpha value is -3.09.